The quantitative estimate of drug-likeness (QED) is 0.724. The molecule has 1 aromatic heterocycles. The fourth-order valence-electron chi connectivity index (χ4n) is 2.09. The van der Waals surface area contributed by atoms with Crippen LogP contribution in [0.5, 0.6) is 0 Å². The van der Waals surface area contributed by atoms with Crippen molar-refractivity contribution in [1.82, 2.24) is 20.6 Å². The maximum Gasteiger partial charge on any atom is 0.272 e. The average molecular weight is 324 g/mol. The molecule has 2 N–H and O–H groups in total. The highest BCUT2D eigenvalue weighted by Crippen LogP contribution is 2.09. The summed E-state index contributed by atoms with van der Waals surface area (Å²) in [6.07, 6.45) is 3.43. The summed E-state index contributed by atoms with van der Waals surface area (Å²) in [6, 6.07) is 13.9. The normalized spacial score (nSPS) is 10.2. The van der Waals surface area contributed by atoms with Crippen LogP contribution in [0, 0.1) is 5.82 Å². The molecule has 1 heterocycles. The molecule has 0 spiro atoms. The number of hydrazine groups is 1. The summed E-state index contributed by atoms with van der Waals surface area (Å²) in [5, 5.41) is 4.09. The van der Waals surface area contributed by atoms with E-state index in [0.717, 1.165) is 5.69 Å². The Balaban J connectivity index is 1.63. The van der Waals surface area contributed by atoms with Crippen LogP contribution in [0.2, 0.25) is 0 Å². The Bertz CT molecular complexity index is 861. The smallest absolute Gasteiger partial charge is 0.267 e. The lowest BCUT2D eigenvalue weighted by Gasteiger charge is -2.08. The van der Waals surface area contributed by atoms with Gasteiger partial charge in [0, 0.05) is 18.0 Å². The highest BCUT2D eigenvalue weighted by molar-refractivity contribution is 5.99. The van der Waals surface area contributed by atoms with E-state index in [2.05, 4.69) is 16.0 Å². The fraction of sp³-hybridized carbons (Fsp3) is 0. The number of hydrogen-bond donors (Lipinski definition) is 2. The lowest BCUT2D eigenvalue weighted by atomic mass is 10.2. The SMILES string of the molecule is O=C(NNC(=O)c1ccccc1F)c1ccc(-n2cccn2)cc1. The standard InChI is InChI=1S/C17H13FN4O2/c18-15-5-2-1-4-14(15)17(24)21-20-16(23)12-6-8-13(9-7-12)22-11-3-10-19-22/h1-11H,(H,20,23)(H,21,24). The molecule has 2 amide bonds. The molecule has 3 aromatic rings. The molecule has 2 aromatic carbocycles. The fourth-order valence-corrected chi connectivity index (χ4v) is 2.09. The Morgan fingerprint density at radius 1 is 0.917 bits per heavy atom. The van der Waals surface area contributed by atoms with Crippen molar-refractivity contribution in [2.24, 2.45) is 0 Å². The van der Waals surface area contributed by atoms with Gasteiger partial charge < -0.3 is 0 Å². The van der Waals surface area contributed by atoms with Gasteiger partial charge in [-0.3, -0.25) is 20.4 Å². The van der Waals surface area contributed by atoms with Crippen LogP contribution in [0.1, 0.15) is 20.7 Å². The van der Waals surface area contributed by atoms with Crippen LogP contribution >= 0.6 is 0 Å². The largest absolute Gasteiger partial charge is 0.272 e. The highest BCUT2D eigenvalue weighted by Gasteiger charge is 2.12. The molecule has 0 aliphatic rings. The van der Waals surface area contributed by atoms with Crippen molar-refractivity contribution in [2.45, 2.75) is 0 Å². The van der Waals surface area contributed by atoms with E-state index in [0.29, 0.717) is 5.56 Å². The molecule has 0 fully saturated rings. The minimum absolute atomic E-state index is 0.146. The number of carbonyl (C=O) groups excluding carboxylic acids is 2. The number of rotatable bonds is 3. The van der Waals surface area contributed by atoms with E-state index < -0.39 is 17.6 Å². The third kappa shape index (κ3) is 3.30. The predicted molar refractivity (Wildman–Crippen MR) is 84.9 cm³/mol. The van der Waals surface area contributed by atoms with Gasteiger partial charge in [0.05, 0.1) is 11.3 Å². The van der Waals surface area contributed by atoms with E-state index in [1.807, 2.05) is 0 Å². The lowest BCUT2D eigenvalue weighted by Crippen LogP contribution is -2.41. The molecule has 24 heavy (non-hydrogen) atoms. The summed E-state index contributed by atoms with van der Waals surface area (Å²) in [7, 11) is 0. The Kier molecular flexibility index (Phi) is 4.33. The second-order valence-electron chi connectivity index (χ2n) is 4.89. The first-order valence-electron chi connectivity index (χ1n) is 7.10. The molecule has 120 valence electrons. The average Bonchev–Trinajstić information content (AvgIpc) is 3.14. The van der Waals surface area contributed by atoms with Crippen LogP contribution < -0.4 is 10.9 Å². The van der Waals surface area contributed by atoms with Crippen LogP contribution in [-0.4, -0.2) is 21.6 Å². The van der Waals surface area contributed by atoms with Crippen LogP contribution in [0.25, 0.3) is 5.69 Å². The number of aromatic nitrogens is 2. The molecule has 6 nitrogen and oxygen atoms in total. The van der Waals surface area contributed by atoms with Gasteiger partial charge in [-0.15, -0.1) is 0 Å². The van der Waals surface area contributed by atoms with E-state index in [9.17, 15) is 14.0 Å². The summed E-state index contributed by atoms with van der Waals surface area (Å²) in [4.78, 5) is 23.9. The van der Waals surface area contributed by atoms with Gasteiger partial charge in [0.1, 0.15) is 5.82 Å². The van der Waals surface area contributed by atoms with E-state index >= 15 is 0 Å². The van der Waals surface area contributed by atoms with Gasteiger partial charge in [0.2, 0.25) is 0 Å². The molecular formula is C17H13FN4O2. The third-order valence-corrected chi connectivity index (χ3v) is 3.31. The second-order valence-corrected chi connectivity index (χ2v) is 4.89. The Hall–Kier alpha value is -3.48. The molecule has 0 saturated heterocycles. The van der Waals surface area contributed by atoms with Crippen LogP contribution in [-0.2, 0) is 0 Å². The number of hydrogen-bond acceptors (Lipinski definition) is 3. The topological polar surface area (TPSA) is 76.0 Å². The van der Waals surface area contributed by atoms with E-state index in [1.54, 1.807) is 47.4 Å². The van der Waals surface area contributed by atoms with Gasteiger partial charge in [-0.25, -0.2) is 9.07 Å². The number of nitrogens with one attached hydrogen (secondary N) is 2. The molecular weight excluding hydrogens is 311 g/mol. The van der Waals surface area contributed by atoms with Gasteiger partial charge in [-0.1, -0.05) is 12.1 Å². The molecule has 0 radical (unpaired) electrons. The zero-order chi connectivity index (χ0) is 16.9. The molecule has 0 saturated carbocycles. The van der Waals surface area contributed by atoms with E-state index in [1.165, 1.54) is 24.3 Å². The third-order valence-electron chi connectivity index (χ3n) is 3.31. The molecule has 7 heteroatoms. The van der Waals surface area contributed by atoms with Crippen molar-refractivity contribution in [3.8, 4) is 5.69 Å². The second kappa shape index (κ2) is 6.74. The number of amides is 2. The number of carbonyl (C=O) groups is 2. The maximum atomic E-state index is 13.5. The minimum atomic E-state index is -0.727. The maximum absolute atomic E-state index is 13.5. The first-order chi connectivity index (χ1) is 11.6. The monoisotopic (exact) mass is 324 g/mol. The Morgan fingerprint density at radius 3 is 2.29 bits per heavy atom. The molecule has 3 rings (SSSR count). The lowest BCUT2D eigenvalue weighted by molar-refractivity contribution is 0.0844. The highest BCUT2D eigenvalue weighted by atomic mass is 19.1. The van der Waals surface area contributed by atoms with Gasteiger partial charge in [-0.05, 0) is 42.5 Å². The van der Waals surface area contributed by atoms with Gasteiger partial charge in [0.25, 0.3) is 11.8 Å². The predicted octanol–water partition coefficient (Wildman–Crippen LogP) is 2.09. The van der Waals surface area contributed by atoms with Crippen LogP contribution in [0.3, 0.4) is 0 Å². The summed E-state index contributed by atoms with van der Waals surface area (Å²) < 4.78 is 15.1. The first-order valence-corrected chi connectivity index (χ1v) is 7.10. The zero-order valence-electron chi connectivity index (χ0n) is 12.4. The molecule has 0 aliphatic heterocycles. The number of benzene rings is 2. The van der Waals surface area contributed by atoms with Crippen molar-refractivity contribution in [3.05, 3.63) is 83.9 Å². The van der Waals surface area contributed by atoms with Crippen molar-refractivity contribution >= 4 is 11.8 Å². The van der Waals surface area contributed by atoms with Crippen LogP contribution in [0.4, 0.5) is 4.39 Å². The van der Waals surface area contributed by atoms with Crippen molar-refractivity contribution in [2.75, 3.05) is 0 Å². The molecule has 0 aliphatic carbocycles. The summed E-state index contributed by atoms with van der Waals surface area (Å²) in [6.45, 7) is 0. The van der Waals surface area contributed by atoms with Crippen molar-refractivity contribution in [1.29, 1.82) is 0 Å². The van der Waals surface area contributed by atoms with E-state index in [4.69, 9.17) is 0 Å². The van der Waals surface area contributed by atoms with Gasteiger partial charge in [-0.2, -0.15) is 5.10 Å². The van der Waals surface area contributed by atoms with Crippen molar-refractivity contribution < 1.29 is 14.0 Å². The number of halogens is 1. The van der Waals surface area contributed by atoms with Gasteiger partial charge in [0.15, 0.2) is 0 Å². The Morgan fingerprint density at radius 2 is 1.62 bits per heavy atom. The summed E-state index contributed by atoms with van der Waals surface area (Å²) in [5.41, 5.74) is 5.43. The molecule has 0 unspecified atom stereocenters. The zero-order valence-corrected chi connectivity index (χ0v) is 12.4. The molecule has 0 bridgehead atoms. The molecule has 0 atom stereocenters. The minimum Gasteiger partial charge on any atom is -0.267 e. The summed E-state index contributed by atoms with van der Waals surface area (Å²) >= 11 is 0. The first kappa shape index (κ1) is 15.4. The summed E-state index contributed by atoms with van der Waals surface area (Å²) in [5.74, 6) is -1.89. The number of nitrogens with zero attached hydrogens (tertiary/aromatic N) is 2. The van der Waals surface area contributed by atoms with Crippen molar-refractivity contribution in [3.63, 3.8) is 0 Å². The van der Waals surface area contributed by atoms with Crippen LogP contribution in [0.15, 0.2) is 67.0 Å². The van der Waals surface area contributed by atoms with Gasteiger partial charge >= 0.3 is 0 Å². The van der Waals surface area contributed by atoms with E-state index in [-0.39, 0.29) is 5.56 Å². The Labute approximate surface area is 136 Å².